The first-order chi connectivity index (χ1) is 19.3. The van der Waals surface area contributed by atoms with E-state index < -0.39 is 7.60 Å². The summed E-state index contributed by atoms with van der Waals surface area (Å²) in [6.45, 7) is 2.08. The van der Waals surface area contributed by atoms with Crippen LogP contribution in [0.2, 0.25) is 0 Å². The molecule has 12 heteroatoms. The normalized spacial score (nSPS) is 11.7. The second kappa shape index (κ2) is 11.7. The Kier molecular flexibility index (Phi) is 7.88. The number of hydrogen-bond donors (Lipinski definition) is 2. The molecule has 11 nitrogen and oxygen atoms in total. The van der Waals surface area contributed by atoms with E-state index in [1.54, 1.807) is 48.3 Å². The Morgan fingerprint density at radius 1 is 1.02 bits per heavy atom. The summed E-state index contributed by atoms with van der Waals surface area (Å²) < 4.78 is 41.4. The number of aromatic nitrogens is 3. The molecular formula is C28H26N3O8P. The van der Waals surface area contributed by atoms with Crippen LogP contribution in [-0.2, 0) is 17.8 Å². The number of rotatable bonds is 11. The van der Waals surface area contributed by atoms with E-state index in [2.05, 4.69) is 10.1 Å². The maximum Gasteiger partial charge on any atom is 0.349 e. The van der Waals surface area contributed by atoms with E-state index in [0.29, 0.717) is 40.2 Å². The highest BCUT2D eigenvalue weighted by Crippen LogP contribution is 2.38. The van der Waals surface area contributed by atoms with Gasteiger partial charge >= 0.3 is 7.60 Å². The van der Waals surface area contributed by atoms with Crippen LogP contribution in [0.5, 0.6) is 17.4 Å². The van der Waals surface area contributed by atoms with Crippen LogP contribution < -0.4 is 14.2 Å². The molecule has 5 rings (SSSR count). The minimum Gasteiger partial charge on any atom is -0.493 e. The number of ether oxygens (including phenoxy) is 3. The van der Waals surface area contributed by atoms with Gasteiger partial charge in [-0.05, 0) is 55.0 Å². The average Bonchev–Trinajstić information content (AvgIpc) is 3.70. The van der Waals surface area contributed by atoms with E-state index in [9.17, 15) is 14.4 Å². The molecule has 2 aromatic carbocycles. The molecule has 5 aromatic rings. The first-order valence-corrected chi connectivity index (χ1v) is 13.8. The molecule has 0 fully saturated rings. The quantitative estimate of drug-likeness (QED) is 0.191. The summed E-state index contributed by atoms with van der Waals surface area (Å²) in [5.41, 5.74) is 2.58. The standard InChI is InChI=1S/C28H26N3O8P/c1-19-23(29-28(39-19)25-9-6-13-36-25)18-37-24-11-10-20(15-26(24)35-2)17-38-27-21(12-14-40(32,33)34)16-31(30-27)22-7-4-3-5-8-22/h3-16H,17-18H2,1-2H3,(H2,32,33,34). The largest absolute Gasteiger partial charge is 0.493 e. The van der Waals surface area contributed by atoms with Gasteiger partial charge in [0.25, 0.3) is 5.89 Å². The molecule has 3 heterocycles. The number of aryl methyl sites for hydroxylation is 1. The monoisotopic (exact) mass is 563 g/mol. The number of benzene rings is 2. The van der Waals surface area contributed by atoms with Gasteiger partial charge in [0.05, 0.1) is 24.6 Å². The van der Waals surface area contributed by atoms with Crippen LogP contribution in [0, 0.1) is 6.92 Å². The van der Waals surface area contributed by atoms with E-state index in [1.807, 2.05) is 36.4 Å². The number of methoxy groups -OCH3 is 1. The van der Waals surface area contributed by atoms with Crippen LogP contribution in [0.15, 0.2) is 87.8 Å². The molecule has 0 amide bonds. The van der Waals surface area contributed by atoms with Crippen molar-refractivity contribution in [3.05, 3.63) is 102 Å². The topological polar surface area (TPSA) is 142 Å². The van der Waals surface area contributed by atoms with Gasteiger partial charge in [-0.2, -0.15) is 0 Å². The van der Waals surface area contributed by atoms with Crippen molar-refractivity contribution in [2.75, 3.05) is 7.11 Å². The van der Waals surface area contributed by atoms with E-state index in [1.165, 1.54) is 13.2 Å². The lowest BCUT2D eigenvalue weighted by Crippen LogP contribution is -2.02. The first-order valence-electron chi connectivity index (χ1n) is 12.1. The average molecular weight is 564 g/mol. The van der Waals surface area contributed by atoms with Gasteiger partial charge in [-0.1, -0.05) is 24.3 Å². The van der Waals surface area contributed by atoms with Gasteiger partial charge in [-0.15, -0.1) is 5.10 Å². The maximum absolute atomic E-state index is 11.4. The molecule has 0 aliphatic rings. The molecular weight excluding hydrogens is 537 g/mol. The third-order valence-corrected chi connectivity index (χ3v) is 6.31. The zero-order valence-electron chi connectivity index (χ0n) is 21.6. The van der Waals surface area contributed by atoms with Gasteiger partial charge < -0.3 is 32.8 Å². The fourth-order valence-corrected chi connectivity index (χ4v) is 4.13. The van der Waals surface area contributed by atoms with Crippen LogP contribution in [0.4, 0.5) is 0 Å². The second-order valence-corrected chi connectivity index (χ2v) is 10.1. The molecule has 0 radical (unpaired) electrons. The zero-order chi connectivity index (χ0) is 28.1. The summed E-state index contributed by atoms with van der Waals surface area (Å²) in [4.78, 5) is 23.0. The number of furan rings is 1. The molecule has 0 bridgehead atoms. The Hall–Kier alpha value is -4.57. The molecule has 2 N–H and O–H groups in total. The number of nitrogens with zero attached hydrogens (tertiary/aromatic N) is 3. The summed E-state index contributed by atoms with van der Waals surface area (Å²) >= 11 is 0. The molecule has 206 valence electrons. The molecule has 0 aliphatic heterocycles. The minimum absolute atomic E-state index is 0.119. The summed E-state index contributed by atoms with van der Waals surface area (Å²) in [6.07, 6.45) is 4.48. The van der Waals surface area contributed by atoms with E-state index in [4.69, 9.17) is 23.0 Å². The SMILES string of the molecule is COc1cc(COc2nn(-c3ccccc3)cc2C=CP(=O)(O)O)ccc1OCc1nc(-c2ccco2)oc1C. The summed E-state index contributed by atoms with van der Waals surface area (Å²) in [5, 5.41) is 4.46. The van der Waals surface area contributed by atoms with Gasteiger partial charge in [-0.25, -0.2) is 9.67 Å². The Morgan fingerprint density at radius 3 is 2.58 bits per heavy atom. The number of hydrogen-bond acceptors (Lipinski definition) is 8. The van der Waals surface area contributed by atoms with Crippen molar-refractivity contribution in [2.45, 2.75) is 20.1 Å². The van der Waals surface area contributed by atoms with Crippen molar-refractivity contribution in [2.24, 2.45) is 0 Å². The van der Waals surface area contributed by atoms with Crippen LogP contribution in [0.3, 0.4) is 0 Å². The lowest BCUT2D eigenvalue weighted by molar-refractivity contribution is 0.275. The smallest absolute Gasteiger partial charge is 0.349 e. The van der Waals surface area contributed by atoms with Crippen LogP contribution in [0.25, 0.3) is 23.4 Å². The summed E-state index contributed by atoms with van der Waals surface area (Å²) in [5.74, 6) is 3.55. The Morgan fingerprint density at radius 2 is 1.85 bits per heavy atom. The first kappa shape index (κ1) is 27.0. The second-order valence-electron chi connectivity index (χ2n) is 8.64. The van der Waals surface area contributed by atoms with Gasteiger partial charge in [0.2, 0.25) is 5.88 Å². The van der Waals surface area contributed by atoms with Crippen LogP contribution in [-0.4, -0.2) is 31.7 Å². The highest BCUT2D eigenvalue weighted by Gasteiger charge is 2.16. The van der Waals surface area contributed by atoms with Crippen LogP contribution in [0.1, 0.15) is 22.6 Å². The van der Waals surface area contributed by atoms with E-state index in [-0.39, 0.29) is 19.1 Å². The van der Waals surface area contributed by atoms with Crippen molar-refractivity contribution >= 4 is 13.7 Å². The predicted octanol–water partition coefficient (Wildman–Crippen LogP) is 5.74. The Balaban J connectivity index is 1.30. The van der Waals surface area contributed by atoms with Crippen LogP contribution >= 0.6 is 7.60 Å². The van der Waals surface area contributed by atoms with Gasteiger partial charge in [-0.3, -0.25) is 4.57 Å². The maximum atomic E-state index is 11.4. The third-order valence-electron chi connectivity index (χ3n) is 5.77. The van der Waals surface area contributed by atoms with E-state index in [0.717, 1.165) is 17.1 Å². The van der Waals surface area contributed by atoms with Crippen molar-refractivity contribution < 1.29 is 37.4 Å². The fourth-order valence-electron chi connectivity index (χ4n) is 3.77. The zero-order valence-corrected chi connectivity index (χ0v) is 22.5. The lowest BCUT2D eigenvalue weighted by atomic mass is 10.2. The van der Waals surface area contributed by atoms with E-state index >= 15 is 0 Å². The lowest BCUT2D eigenvalue weighted by Gasteiger charge is -2.12. The number of oxazole rings is 1. The molecule has 0 spiro atoms. The number of para-hydroxylation sites is 1. The highest BCUT2D eigenvalue weighted by atomic mass is 31.2. The Bertz CT molecular complexity index is 1650. The van der Waals surface area contributed by atoms with Crippen molar-refractivity contribution in [3.8, 4) is 34.7 Å². The van der Waals surface area contributed by atoms with Crippen molar-refractivity contribution in [3.63, 3.8) is 0 Å². The molecule has 0 atom stereocenters. The fraction of sp³-hybridized carbons (Fsp3) is 0.143. The van der Waals surface area contributed by atoms with Crippen molar-refractivity contribution in [1.29, 1.82) is 0 Å². The molecule has 3 aromatic heterocycles. The highest BCUT2D eigenvalue weighted by molar-refractivity contribution is 7.55. The molecule has 0 saturated heterocycles. The third kappa shape index (κ3) is 6.52. The molecule has 0 saturated carbocycles. The summed E-state index contributed by atoms with van der Waals surface area (Å²) in [6, 6.07) is 18.2. The van der Waals surface area contributed by atoms with Crippen molar-refractivity contribution in [1.82, 2.24) is 14.8 Å². The Labute approximate surface area is 229 Å². The van der Waals surface area contributed by atoms with Gasteiger partial charge in [0, 0.05) is 12.0 Å². The predicted molar refractivity (Wildman–Crippen MR) is 145 cm³/mol. The van der Waals surface area contributed by atoms with Gasteiger partial charge in [0.15, 0.2) is 17.3 Å². The molecule has 0 aliphatic carbocycles. The summed E-state index contributed by atoms with van der Waals surface area (Å²) in [7, 11) is -2.83. The molecule has 40 heavy (non-hydrogen) atoms. The molecule has 0 unspecified atom stereocenters. The minimum atomic E-state index is -4.37. The van der Waals surface area contributed by atoms with Gasteiger partial charge in [0.1, 0.15) is 24.7 Å².